The van der Waals surface area contributed by atoms with E-state index in [9.17, 15) is 22.8 Å². The summed E-state index contributed by atoms with van der Waals surface area (Å²) < 4.78 is 36.8. The van der Waals surface area contributed by atoms with Crippen molar-refractivity contribution in [2.45, 2.75) is 12.6 Å². The van der Waals surface area contributed by atoms with Crippen LogP contribution in [0, 0.1) is 0 Å². The van der Waals surface area contributed by atoms with Crippen molar-refractivity contribution in [2.24, 2.45) is 0 Å². The molecular weight excluding hydrogens is 357 g/mol. The van der Waals surface area contributed by atoms with E-state index >= 15 is 0 Å². The first-order valence-electron chi connectivity index (χ1n) is 8.58. The molecule has 0 aliphatic heterocycles. The molecule has 2 aromatic rings. The van der Waals surface area contributed by atoms with Gasteiger partial charge in [0.1, 0.15) is 0 Å². The van der Waals surface area contributed by atoms with E-state index in [1.165, 1.54) is 7.05 Å². The highest BCUT2D eigenvalue weighted by Gasteiger charge is 2.29. The maximum absolute atomic E-state index is 12.5. The number of rotatable bonds is 6. The second-order valence-corrected chi connectivity index (χ2v) is 6.60. The lowest BCUT2D eigenvalue weighted by Crippen LogP contribution is -2.33. The molecule has 0 atom stereocenters. The molecule has 1 amide bonds. The average molecular weight is 376 g/mol. The van der Waals surface area contributed by atoms with Crippen molar-refractivity contribution in [3.05, 3.63) is 59.2 Å². The van der Waals surface area contributed by atoms with Gasteiger partial charge in [-0.15, -0.1) is 0 Å². The van der Waals surface area contributed by atoms with Crippen LogP contribution in [0.1, 0.15) is 32.7 Å². The molecule has 0 bridgehead atoms. The van der Waals surface area contributed by atoms with Crippen LogP contribution >= 0.6 is 0 Å². The Balaban J connectivity index is 1.57. The number of carbonyl (C=O) groups excluding carboxylic acids is 2. The summed E-state index contributed by atoms with van der Waals surface area (Å²) in [7, 11) is 1.39. The van der Waals surface area contributed by atoms with Crippen LogP contribution in [0.15, 0.2) is 42.5 Å². The van der Waals surface area contributed by atoms with Crippen molar-refractivity contribution < 1.29 is 22.8 Å². The molecule has 0 aromatic heterocycles. The fraction of sp³-hybridized carbons (Fsp3) is 0.300. The standard InChI is InChI=1S/C20H19F3N2O2/c1-25(12-20(21,22)23)10-4-9-24-19(27)13-7-8-15-14-5-2-3-6-16(14)18(26)17(15)11-13/h2-3,5-8,11H,4,9-10,12H2,1H3,(H,24,27). The quantitative estimate of drug-likeness (QED) is 0.670. The van der Waals surface area contributed by atoms with Crippen molar-refractivity contribution in [1.82, 2.24) is 10.2 Å². The molecule has 1 N–H and O–H groups in total. The molecule has 0 saturated carbocycles. The van der Waals surface area contributed by atoms with E-state index in [4.69, 9.17) is 0 Å². The Morgan fingerprint density at radius 1 is 1.04 bits per heavy atom. The van der Waals surface area contributed by atoms with Crippen molar-refractivity contribution >= 4 is 11.7 Å². The van der Waals surface area contributed by atoms with Crippen molar-refractivity contribution in [3.8, 4) is 11.1 Å². The number of hydrogen-bond acceptors (Lipinski definition) is 3. The van der Waals surface area contributed by atoms with E-state index in [1.807, 2.05) is 12.1 Å². The van der Waals surface area contributed by atoms with Gasteiger partial charge in [-0.1, -0.05) is 30.3 Å². The van der Waals surface area contributed by atoms with Gasteiger partial charge in [0.05, 0.1) is 6.54 Å². The normalized spacial score (nSPS) is 12.9. The lowest BCUT2D eigenvalue weighted by Gasteiger charge is -2.18. The van der Waals surface area contributed by atoms with Gasteiger partial charge >= 0.3 is 6.18 Å². The average Bonchev–Trinajstić information content (AvgIpc) is 2.90. The van der Waals surface area contributed by atoms with Gasteiger partial charge in [0.25, 0.3) is 5.91 Å². The van der Waals surface area contributed by atoms with Crippen LogP contribution in [-0.4, -0.2) is 49.4 Å². The van der Waals surface area contributed by atoms with Crippen LogP contribution in [0.25, 0.3) is 11.1 Å². The molecule has 0 heterocycles. The van der Waals surface area contributed by atoms with Crippen LogP contribution in [0.2, 0.25) is 0 Å². The zero-order chi connectivity index (χ0) is 19.6. The van der Waals surface area contributed by atoms with Crippen LogP contribution < -0.4 is 5.32 Å². The van der Waals surface area contributed by atoms with Gasteiger partial charge in [-0.05, 0) is 43.3 Å². The van der Waals surface area contributed by atoms with E-state index < -0.39 is 12.7 Å². The largest absolute Gasteiger partial charge is 0.401 e. The number of ketones is 1. The Bertz CT molecular complexity index is 878. The topological polar surface area (TPSA) is 49.4 Å². The molecule has 0 saturated heterocycles. The monoisotopic (exact) mass is 376 g/mol. The molecule has 1 aliphatic carbocycles. The Kier molecular flexibility index (Phi) is 5.32. The number of carbonyl (C=O) groups is 2. The van der Waals surface area contributed by atoms with Gasteiger partial charge in [-0.3, -0.25) is 14.5 Å². The minimum Gasteiger partial charge on any atom is -0.352 e. The predicted molar refractivity (Wildman–Crippen MR) is 95.8 cm³/mol. The molecule has 27 heavy (non-hydrogen) atoms. The minimum atomic E-state index is -4.23. The maximum Gasteiger partial charge on any atom is 0.401 e. The third kappa shape index (κ3) is 4.36. The van der Waals surface area contributed by atoms with Crippen LogP contribution in [-0.2, 0) is 0 Å². The molecule has 1 aliphatic rings. The molecule has 7 heteroatoms. The van der Waals surface area contributed by atoms with E-state index in [0.29, 0.717) is 23.1 Å². The molecule has 0 fully saturated rings. The van der Waals surface area contributed by atoms with E-state index in [-0.39, 0.29) is 24.8 Å². The molecule has 3 rings (SSSR count). The third-order valence-corrected chi connectivity index (χ3v) is 4.44. The molecule has 0 radical (unpaired) electrons. The number of hydrogen-bond donors (Lipinski definition) is 1. The minimum absolute atomic E-state index is 0.107. The summed E-state index contributed by atoms with van der Waals surface area (Å²) in [5, 5.41) is 2.69. The second kappa shape index (κ2) is 7.52. The summed E-state index contributed by atoms with van der Waals surface area (Å²) in [6, 6.07) is 12.3. The van der Waals surface area contributed by atoms with Crippen molar-refractivity contribution in [2.75, 3.05) is 26.7 Å². The number of fused-ring (bicyclic) bond motifs is 3. The van der Waals surface area contributed by atoms with Gasteiger partial charge in [0, 0.05) is 23.2 Å². The van der Waals surface area contributed by atoms with E-state index in [1.54, 1.807) is 30.3 Å². The SMILES string of the molecule is CN(CCCNC(=O)c1ccc2c(c1)C(=O)c1ccccc1-2)CC(F)(F)F. The summed E-state index contributed by atoms with van der Waals surface area (Å²) in [4.78, 5) is 25.9. The zero-order valence-corrected chi connectivity index (χ0v) is 14.8. The first-order chi connectivity index (χ1) is 12.8. The zero-order valence-electron chi connectivity index (χ0n) is 14.8. The maximum atomic E-state index is 12.5. The number of nitrogens with zero attached hydrogens (tertiary/aromatic N) is 1. The highest BCUT2D eigenvalue weighted by molar-refractivity contribution is 6.22. The highest BCUT2D eigenvalue weighted by Crippen LogP contribution is 2.36. The lowest BCUT2D eigenvalue weighted by molar-refractivity contribution is -0.143. The summed E-state index contributed by atoms with van der Waals surface area (Å²) in [6.45, 7) is -0.501. The Morgan fingerprint density at radius 2 is 1.70 bits per heavy atom. The first-order valence-corrected chi connectivity index (χ1v) is 8.58. The highest BCUT2D eigenvalue weighted by atomic mass is 19.4. The Labute approximate surface area is 155 Å². The van der Waals surface area contributed by atoms with Crippen LogP contribution in [0.4, 0.5) is 13.2 Å². The number of benzene rings is 2. The van der Waals surface area contributed by atoms with Crippen molar-refractivity contribution in [1.29, 1.82) is 0 Å². The summed E-state index contributed by atoms with van der Waals surface area (Å²) in [6.07, 6.45) is -3.83. The Hall–Kier alpha value is -2.67. The predicted octanol–water partition coefficient (Wildman–Crippen LogP) is 3.51. The first kappa shape index (κ1) is 19.1. The smallest absolute Gasteiger partial charge is 0.352 e. The van der Waals surface area contributed by atoms with Crippen LogP contribution in [0.3, 0.4) is 0 Å². The lowest BCUT2D eigenvalue weighted by atomic mass is 10.0. The number of nitrogens with one attached hydrogen (secondary N) is 1. The summed E-state index contributed by atoms with van der Waals surface area (Å²) in [5.74, 6) is -0.455. The molecule has 4 nitrogen and oxygen atoms in total. The van der Waals surface area contributed by atoms with E-state index in [2.05, 4.69) is 5.32 Å². The third-order valence-electron chi connectivity index (χ3n) is 4.44. The second-order valence-electron chi connectivity index (χ2n) is 6.60. The summed E-state index contributed by atoms with van der Waals surface area (Å²) in [5.41, 5.74) is 3.14. The summed E-state index contributed by atoms with van der Waals surface area (Å²) >= 11 is 0. The van der Waals surface area contributed by atoms with E-state index in [0.717, 1.165) is 16.0 Å². The van der Waals surface area contributed by atoms with Gasteiger partial charge in [-0.25, -0.2) is 0 Å². The van der Waals surface area contributed by atoms with Gasteiger partial charge in [0.15, 0.2) is 5.78 Å². The number of amides is 1. The fourth-order valence-corrected chi connectivity index (χ4v) is 3.21. The molecule has 0 spiro atoms. The van der Waals surface area contributed by atoms with Gasteiger partial charge in [-0.2, -0.15) is 13.2 Å². The fourth-order valence-electron chi connectivity index (χ4n) is 3.21. The van der Waals surface area contributed by atoms with Crippen molar-refractivity contribution in [3.63, 3.8) is 0 Å². The Morgan fingerprint density at radius 3 is 2.41 bits per heavy atom. The van der Waals surface area contributed by atoms with Crippen LogP contribution in [0.5, 0.6) is 0 Å². The molecule has 142 valence electrons. The molecule has 0 unspecified atom stereocenters. The number of halogens is 3. The number of alkyl halides is 3. The molecular formula is C20H19F3N2O2. The van der Waals surface area contributed by atoms with Gasteiger partial charge < -0.3 is 5.32 Å². The molecule has 2 aromatic carbocycles. The van der Waals surface area contributed by atoms with Gasteiger partial charge in [0.2, 0.25) is 0 Å².